The van der Waals surface area contributed by atoms with Crippen LogP contribution in [0.25, 0.3) is 10.8 Å². The number of hydrogen-bond acceptors (Lipinski definition) is 3. The molecule has 4 rings (SSSR count). The van der Waals surface area contributed by atoms with Gasteiger partial charge in [-0.3, -0.25) is 4.79 Å². The molecule has 1 atom stereocenters. The van der Waals surface area contributed by atoms with E-state index in [1.807, 2.05) is 71.6 Å². The van der Waals surface area contributed by atoms with Crippen LogP contribution < -0.4 is 4.74 Å². The van der Waals surface area contributed by atoms with E-state index in [0.717, 1.165) is 29.2 Å². The summed E-state index contributed by atoms with van der Waals surface area (Å²) in [5, 5.41) is 12.8. The minimum absolute atomic E-state index is 0.000750. The second-order valence-corrected chi connectivity index (χ2v) is 7.37. The quantitative estimate of drug-likeness (QED) is 0.727. The largest absolute Gasteiger partial charge is 0.484 e. The first-order chi connectivity index (χ1) is 13.7. The van der Waals surface area contributed by atoms with Crippen molar-refractivity contribution in [3.8, 4) is 5.75 Å². The van der Waals surface area contributed by atoms with Gasteiger partial charge in [0, 0.05) is 13.1 Å². The maximum Gasteiger partial charge on any atom is 0.260 e. The third-order valence-corrected chi connectivity index (χ3v) is 5.56. The van der Waals surface area contributed by atoms with E-state index >= 15 is 0 Å². The average Bonchev–Trinajstić information content (AvgIpc) is 2.77. The average molecular weight is 375 g/mol. The molecule has 0 aliphatic carbocycles. The van der Waals surface area contributed by atoms with Crippen molar-refractivity contribution in [3.05, 3.63) is 78.4 Å². The summed E-state index contributed by atoms with van der Waals surface area (Å²) in [6, 6.07) is 23.7. The number of fused-ring (bicyclic) bond motifs is 1. The molecule has 3 aromatic carbocycles. The van der Waals surface area contributed by atoms with E-state index in [-0.39, 0.29) is 18.4 Å². The van der Waals surface area contributed by atoms with E-state index in [2.05, 4.69) is 6.07 Å². The fourth-order valence-corrected chi connectivity index (χ4v) is 3.88. The first-order valence-corrected chi connectivity index (χ1v) is 9.83. The highest BCUT2D eigenvalue weighted by Gasteiger charge is 2.28. The second-order valence-electron chi connectivity index (χ2n) is 7.37. The van der Waals surface area contributed by atoms with Crippen LogP contribution in [0.2, 0.25) is 0 Å². The lowest BCUT2D eigenvalue weighted by Gasteiger charge is -2.34. The van der Waals surface area contributed by atoms with E-state index < -0.39 is 6.10 Å². The number of likely N-dealkylation sites (tertiary alicyclic amines) is 1. The van der Waals surface area contributed by atoms with Crippen molar-refractivity contribution in [2.75, 3.05) is 19.7 Å². The molecule has 0 saturated carbocycles. The fraction of sp³-hybridized carbons (Fsp3) is 0.292. The zero-order chi connectivity index (χ0) is 19.3. The van der Waals surface area contributed by atoms with Gasteiger partial charge in [-0.2, -0.15) is 0 Å². The Kier molecular flexibility index (Phi) is 5.58. The normalized spacial score (nSPS) is 16.1. The van der Waals surface area contributed by atoms with Gasteiger partial charge in [0.15, 0.2) is 6.61 Å². The van der Waals surface area contributed by atoms with Crippen molar-refractivity contribution in [1.82, 2.24) is 4.90 Å². The Bertz CT molecular complexity index is 933. The number of carbonyl (C=O) groups is 1. The summed E-state index contributed by atoms with van der Waals surface area (Å²) >= 11 is 0. The maximum absolute atomic E-state index is 12.5. The number of hydrogen-bond donors (Lipinski definition) is 1. The Morgan fingerprint density at radius 2 is 1.64 bits per heavy atom. The van der Waals surface area contributed by atoms with Gasteiger partial charge in [-0.1, -0.05) is 60.7 Å². The lowest BCUT2D eigenvalue weighted by atomic mass is 9.87. The number of amides is 1. The van der Waals surface area contributed by atoms with Crippen LogP contribution in [-0.4, -0.2) is 35.6 Å². The van der Waals surface area contributed by atoms with Crippen LogP contribution in [-0.2, 0) is 4.79 Å². The minimum atomic E-state index is -0.465. The summed E-state index contributed by atoms with van der Waals surface area (Å²) in [5.41, 5.74) is 0.951. The third-order valence-electron chi connectivity index (χ3n) is 5.56. The Morgan fingerprint density at radius 1 is 0.964 bits per heavy atom. The molecule has 4 nitrogen and oxygen atoms in total. The zero-order valence-electron chi connectivity index (χ0n) is 15.8. The molecule has 1 aliphatic rings. The third kappa shape index (κ3) is 4.18. The van der Waals surface area contributed by atoms with Crippen molar-refractivity contribution in [1.29, 1.82) is 0 Å². The van der Waals surface area contributed by atoms with Crippen LogP contribution in [0, 0.1) is 5.92 Å². The van der Waals surface area contributed by atoms with Gasteiger partial charge in [0.2, 0.25) is 0 Å². The van der Waals surface area contributed by atoms with Gasteiger partial charge in [0.05, 0.1) is 6.10 Å². The molecular weight excluding hydrogens is 350 g/mol. The van der Waals surface area contributed by atoms with Gasteiger partial charge < -0.3 is 14.7 Å². The number of ether oxygens (including phenoxy) is 1. The first-order valence-electron chi connectivity index (χ1n) is 9.83. The molecule has 1 aliphatic heterocycles. The Balaban J connectivity index is 1.29. The van der Waals surface area contributed by atoms with Crippen LogP contribution >= 0.6 is 0 Å². The molecule has 144 valence electrons. The van der Waals surface area contributed by atoms with Crippen molar-refractivity contribution >= 4 is 16.7 Å². The number of benzene rings is 3. The maximum atomic E-state index is 12.5. The van der Waals surface area contributed by atoms with Gasteiger partial charge in [-0.25, -0.2) is 0 Å². The monoisotopic (exact) mass is 375 g/mol. The molecule has 0 aromatic heterocycles. The SMILES string of the molecule is O=C(COc1ccc2ccccc2c1)N1CCC([C@H](O)c2ccccc2)CC1. The number of aliphatic hydroxyl groups excluding tert-OH is 1. The summed E-state index contributed by atoms with van der Waals surface area (Å²) in [4.78, 5) is 14.4. The highest BCUT2D eigenvalue weighted by atomic mass is 16.5. The molecule has 0 unspecified atom stereocenters. The van der Waals surface area contributed by atoms with Crippen LogP contribution in [0.5, 0.6) is 5.75 Å². The highest BCUT2D eigenvalue weighted by Crippen LogP contribution is 2.30. The van der Waals surface area contributed by atoms with Crippen molar-refractivity contribution in [2.45, 2.75) is 18.9 Å². The second kappa shape index (κ2) is 8.44. The summed E-state index contributed by atoms with van der Waals surface area (Å²) in [6.07, 6.45) is 1.14. The molecule has 28 heavy (non-hydrogen) atoms. The molecular formula is C24H25NO3. The van der Waals surface area contributed by atoms with Gasteiger partial charge in [0.1, 0.15) is 5.75 Å². The van der Waals surface area contributed by atoms with E-state index in [4.69, 9.17) is 4.74 Å². The molecule has 1 amide bonds. The van der Waals surface area contributed by atoms with E-state index in [9.17, 15) is 9.90 Å². The topological polar surface area (TPSA) is 49.8 Å². The van der Waals surface area contributed by atoms with Gasteiger partial charge in [-0.15, -0.1) is 0 Å². The number of aliphatic hydroxyl groups is 1. The van der Waals surface area contributed by atoms with E-state index in [1.165, 1.54) is 0 Å². The smallest absolute Gasteiger partial charge is 0.260 e. The molecule has 4 heteroatoms. The molecule has 1 saturated heterocycles. The molecule has 1 N–H and O–H groups in total. The zero-order valence-corrected chi connectivity index (χ0v) is 15.8. The molecule has 0 radical (unpaired) electrons. The molecule has 1 heterocycles. The molecule has 1 fully saturated rings. The summed E-state index contributed by atoms with van der Waals surface area (Å²) in [5.74, 6) is 0.898. The predicted octanol–water partition coefficient (Wildman–Crippen LogP) is 4.19. The van der Waals surface area contributed by atoms with Crippen molar-refractivity contribution < 1.29 is 14.6 Å². The Hall–Kier alpha value is -2.85. The number of nitrogens with zero attached hydrogens (tertiary/aromatic N) is 1. The van der Waals surface area contributed by atoms with Gasteiger partial charge in [-0.05, 0) is 47.2 Å². The van der Waals surface area contributed by atoms with Crippen LogP contribution in [0.3, 0.4) is 0 Å². The Labute approximate surface area is 165 Å². The highest BCUT2D eigenvalue weighted by molar-refractivity contribution is 5.84. The Morgan fingerprint density at radius 3 is 2.39 bits per heavy atom. The fourth-order valence-electron chi connectivity index (χ4n) is 3.88. The number of carbonyl (C=O) groups excluding carboxylic acids is 1. The standard InChI is InChI=1S/C24H25NO3/c26-23(17-28-22-11-10-18-6-4-5-9-21(18)16-22)25-14-12-20(13-15-25)24(27)19-7-2-1-3-8-19/h1-11,16,20,24,27H,12-15,17H2/t24-/m1/s1. The van der Waals surface area contributed by atoms with Crippen LogP contribution in [0.1, 0.15) is 24.5 Å². The minimum Gasteiger partial charge on any atom is -0.484 e. The van der Waals surface area contributed by atoms with Crippen molar-refractivity contribution in [3.63, 3.8) is 0 Å². The van der Waals surface area contributed by atoms with Crippen molar-refractivity contribution in [2.24, 2.45) is 5.92 Å². The summed E-state index contributed by atoms with van der Waals surface area (Å²) in [6.45, 7) is 1.37. The van der Waals surface area contributed by atoms with Gasteiger partial charge >= 0.3 is 0 Å². The molecule has 0 spiro atoms. The van der Waals surface area contributed by atoms with E-state index in [1.54, 1.807) is 0 Å². The number of rotatable bonds is 5. The lowest BCUT2D eigenvalue weighted by Crippen LogP contribution is -2.42. The lowest BCUT2D eigenvalue weighted by molar-refractivity contribution is -0.135. The van der Waals surface area contributed by atoms with Crippen LogP contribution in [0.4, 0.5) is 0 Å². The van der Waals surface area contributed by atoms with Gasteiger partial charge in [0.25, 0.3) is 5.91 Å². The summed E-state index contributed by atoms with van der Waals surface area (Å²) in [7, 11) is 0. The summed E-state index contributed by atoms with van der Waals surface area (Å²) < 4.78 is 5.73. The van der Waals surface area contributed by atoms with Crippen LogP contribution in [0.15, 0.2) is 72.8 Å². The van der Waals surface area contributed by atoms with E-state index in [0.29, 0.717) is 18.8 Å². The number of piperidine rings is 1. The molecule has 0 bridgehead atoms. The molecule has 3 aromatic rings. The first kappa shape index (κ1) is 18.5. The predicted molar refractivity (Wildman–Crippen MR) is 110 cm³/mol.